The zero-order valence-electron chi connectivity index (χ0n) is 16.6. The van der Waals surface area contributed by atoms with Crippen LogP contribution < -0.4 is 0 Å². The highest BCUT2D eigenvalue weighted by Gasteiger charge is 2.35. The zero-order chi connectivity index (χ0) is 24.6. The molecule has 0 saturated carbocycles. The average molecular weight is 513 g/mol. The van der Waals surface area contributed by atoms with Gasteiger partial charge >= 0.3 is 0 Å². The van der Waals surface area contributed by atoms with Gasteiger partial charge in [-0.3, -0.25) is 9.59 Å². The normalized spacial score (nSPS) is 13.4. The molecule has 34 heavy (non-hydrogen) atoms. The minimum absolute atomic E-state index is 0.0150. The molecule has 0 aliphatic heterocycles. The number of furan rings is 1. The number of rotatable bonds is 2. The Morgan fingerprint density at radius 1 is 0.853 bits per heavy atom. The van der Waals surface area contributed by atoms with Gasteiger partial charge in [0.15, 0.2) is 40.7 Å². The molecule has 12 heteroatoms. The lowest BCUT2D eigenvalue weighted by Crippen LogP contribution is -2.06. The summed E-state index contributed by atoms with van der Waals surface area (Å²) in [5.41, 5.74) is -1.47. The number of Topliss-reactive ketones (excluding diaryl/α,β-unsaturated/α-hetero) is 2. The number of carbonyl (C=O) groups excluding carboxylic acids is 2. The standard InChI is InChI=1S/C22H7Cl2F5N2O3/c1-31-12-3-6(2-9-19(32)7-4-10(23)11(24)5-8(7)20(9)33)34-22(12)30-21(31)13-14(25)16(27)18(29)17(28)15(13)26/h2-5H,1H3. The summed E-state index contributed by atoms with van der Waals surface area (Å²) in [7, 11) is 1.26. The molecule has 0 amide bonds. The van der Waals surface area contributed by atoms with Gasteiger partial charge in [-0.2, -0.15) is 4.98 Å². The number of halogens is 7. The first kappa shape index (κ1) is 22.3. The second-order valence-corrected chi connectivity index (χ2v) is 8.12. The fourth-order valence-corrected chi connectivity index (χ4v) is 4.01. The molecule has 2 aromatic carbocycles. The summed E-state index contributed by atoms with van der Waals surface area (Å²) in [5.74, 6) is -12.4. The second kappa shape index (κ2) is 7.51. The third-order valence-electron chi connectivity index (χ3n) is 5.36. The van der Waals surface area contributed by atoms with Gasteiger partial charge in [-0.05, 0) is 18.2 Å². The number of ketones is 2. The topological polar surface area (TPSA) is 65.1 Å². The molecule has 0 radical (unpaired) electrons. The molecule has 1 aliphatic carbocycles. The van der Waals surface area contributed by atoms with Crippen LogP contribution in [0.5, 0.6) is 0 Å². The molecular formula is C22H7Cl2F5N2O3. The van der Waals surface area contributed by atoms with Crippen LogP contribution in [0.2, 0.25) is 10.0 Å². The number of fused-ring (bicyclic) bond motifs is 2. The number of benzene rings is 2. The molecule has 5 nitrogen and oxygen atoms in total. The van der Waals surface area contributed by atoms with Gasteiger partial charge in [0, 0.05) is 24.2 Å². The van der Waals surface area contributed by atoms with Gasteiger partial charge in [0.2, 0.25) is 11.5 Å². The van der Waals surface area contributed by atoms with Gasteiger partial charge in [0.25, 0.3) is 0 Å². The van der Waals surface area contributed by atoms with Gasteiger partial charge in [-0.25, -0.2) is 22.0 Å². The first-order chi connectivity index (χ1) is 16.0. The number of hydrogen-bond donors (Lipinski definition) is 0. The van der Waals surface area contributed by atoms with Crippen LogP contribution in [-0.2, 0) is 7.05 Å². The van der Waals surface area contributed by atoms with Gasteiger partial charge in [0.05, 0.1) is 21.2 Å². The van der Waals surface area contributed by atoms with Crippen LogP contribution in [-0.4, -0.2) is 21.1 Å². The molecule has 5 rings (SSSR count). The van der Waals surface area contributed by atoms with E-state index in [0.717, 1.165) is 10.6 Å². The summed E-state index contributed by atoms with van der Waals surface area (Å²) < 4.78 is 75.5. The number of hydrogen-bond acceptors (Lipinski definition) is 4. The summed E-state index contributed by atoms with van der Waals surface area (Å²) in [6.07, 6.45) is 1.15. The summed E-state index contributed by atoms with van der Waals surface area (Å²) >= 11 is 11.8. The SMILES string of the molecule is Cn1c(-c2c(F)c(F)c(F)c(F)c2F)nc2oc(C=C3C(=O)c4cc(Cl)c(Cl)cc4C3=O)cc21. The van der Waals surface area contributed by atoms with Gasteiger partial charge in [0.1, 0.15) is 11.3 Å². The van der Waals surface area contributed by atoms with Crippen LogP contribution in [0.1, 0.15) is 26.5 Å². The fourth-order valence-electron chi connectivity index (χ4n) is 3.68. The molecule has 0 bridgehead atoms. The van der Waals surface area contributed by atoms with Crippen molar-refractivity contribution in [2.24, 2.45) is 7.05 Å². The van der Waals surface area contributed by atoms with E-state index in [1.807, 2.05) is 0 Å². The molecule has 0 fully saturated rings. The predicted octanol–water partition coefficient (Wildman–Crippen LogP) is 6.30. The Morgan fingerprint density at radius 3 is 1.85 bits per heavy atom. The van der Waals surface area contributed by atoms with Crippen molar-refractivity contribution in [3.8, 4) is 11.4 Å². The molecule has 172 valence electrons. The minimum Gasteiger partial charge on any atom is -0.437 e. The van der Waals surface area contributed by atoms with E-state index in [1.54, 1.807) is 0 Å². The second-order valence-electron chi connectivity index (χ2n) is 7.31. The molecule has 0 N–H and O–H groups in total. The number of nitrogens with zero attached hydrogens (tertiary/aromatic N) is 2. The van der Waals surface area contributed by atoms with Gasteiger partial charge in [-0.15, -0.1) is 0 Å². The van der Waals surface area contributed by atoms with Crippen molar-refractivity contribution in [2.45, 2.75) is 0 Å². The van der Waals surface area contributed by atoms with Crippen LogP contribution >= 0.6 is 23.2 Å². The van der Waals surface area contributed by atoms with E-state index in [4.69, 9.17) is 27.6 Å². The zero-order valence-corrected chi connectivity index (χ0v) is 18.1. The number of aryl methyl sites for hydroxylation is 1. The maximum absolute atomic E-state index is 14.2. The molecule has 0 atom stereocenters. The van der Waals surface area contributed by atoms with Crippen LogP contribution in [0.25, 0.3) is 28.7 Å². The Balaban J connectivity index is 1.60. The van der Waals surface area contributed by atoms with Crippen molar-refractivity contribution in [1.29, 1.82) is 0 Å². The fraction of sp³-hybridized carbons (Fsp3) is 0.0455. The van der Waals surface area contributed by atoms with Crippen molar-refractivity contribution in [2.75, 3.05) is 0 Å². The summed E-state index contributed by atoms with van der Waals surface area (Å²) in [4.78, 5) is 29.2. The molecule has 4 aromatic rings. The first-order valence-corrected chi connectivity index (χ1v) is 10.0. The highest BCUT2D eigenvalue weighted by molar-refractivity contribution is 6.46. The lowest BCUT2D eigenvalue weighted by molar-refractivity contribution is 0.0990. The van der Waals surface area contributed by atoms with Crippen molar-refractivity contribution in [1.82, 2.24) is 9.55 Å². The van der Waals surface area contributed by atoms with E-state index in [2.05, 4.69) is 4.98 Å². The summed E-state index contributed by atoms with van der Waals surface area (Å²) in [6, 6.07) is 3.84. The number of imidazole rings is 1. The maximum Gasteiger partial charge on any atom is 0.245 e. The van der Waals surface area contributed by atoms with E-state index in [-0.39, 0.29) is 43.7 Å². The van der Waals surface area contributed by atoms with E-state index < -0.39 is 52.0 Å². The molecule has 0 saturated heterocycles. The summed E-state index contributed by atoms with van der Waals surface area (Å²) in [6.45, 7) is 0. The van der Waals surface area contributed by atoms with E-state index in [0.29, 0.717) is 0 Å². The Hall–Kier alpha value is -3.50. The highest BCUT2D eigenvalue weighted by atomic mass is 35.5. The molecule has 2 aromatic heterocycles. The van der Waals surface area contributed by atoms with Crippen molar-refractivity contribution in [3.63, 3.8) is 0 Å². The molecule has 0 spiro atoms. The monoisotopic (exact) mass is 512 g/mol. The minimum atomic E-state index is -2.29. The molecular weight excluding hydrogens is 506 g/mol. The summed E-state index contributed by atoms with van der Waals surface area (Å²) in [5, 5.41) is 0.188. The van der Waals surface area contributed by atoms with E-state index in [1.165, 1.54) is 25.2 Å². The number of allylic oxidation sites excluding steroid dienone is 1. The van der Waals surface area contributed by atoms with Gasteiger partial charge in [-0.1, -0.05) is 23.2 Å². The van der Waals surface area contributed by atoms with Crippen molar-refractivity contribution >= 4 is 52.1 Å². The average Bonchev–Trinajstić information content (AvgIpc) is 3.40. The van der Waals surface area contributed by atoms with Crippen LogP contribution in [0.15, 0.2) is 28.2 Å². The smallest absolute Gasteiger partial charge is 0.245 e. The van der Waals surface area contributed by atoms with Crippen LogP contribution in [0.3, 0.4) is 0 Å². The highest BCUT2D eigenvalue weighted by Crippen LogP contribution is 2.36. The quantitative estimate of drug-likeness (QED) is 0.104. The van der Waals surface area contributed by atoms with Crippen molar-refractivity contribution in [3.05, 3.63) is 79.8 Å². The first-order valence-electron chi connectivity index (χ1n) is 9.29. The third-order valence-corrected chi connectivity index (χ3v) is 6.08. The van der Waals surface area contributed by atoms with Crippen LogP contribution in [0, 0.1) is 29.1 Å². The Kier molecular flexibility index (Phi) is 4.92. The largest absolute Gasteiger partial charge is 0.437 e. The molecule has 0 unspecified atom stereocenters. The van der Waals surface area contributed by atoms with E-state index in [9.17, 15) is 31.5 Å². The Bertz CT molecular complexity index is 1570. The van der Waals surface area contributed by atoms with Gasteiger partial charge < -0.3 is 8.98 Å². The number of aromatic nitrogens is 2. The molecule has 1 aliphatic rings. The maximum atomic E-state index is 14.2. The number of carbonyl (C=O) groups is 2. The predicted molar refractivity (Wildman–Crippen MR) is 111 cm³/mol. The van der Waals surface area contributed by atoms with E-state index >= 15 is 0 Å². The van der Waals surface area contributed by atoms with Crippen LogP contribution in [0.4, 0.5) is 22.0 Å². The molecule has 2 heterocycles. The van der Waals surface area contributed by atoms with Crippen molar-refractivity contribution < 1.29 is 36.0 Å². The third kappa shape index (κ3) is 3.02. The Morgan fingerprint density at radius 2 is 1.35 bits per heavy atom. The lowest BCUT2D eigenvalue weighted by Gasteiger charge is -2.08. The Labute approximate surface area is 196 Å². The lowest BCUT2D eigenvalue weighted by atomic mass is 10.1.